The standard InChI is InChI=1S/C12H17N3/c1-15-6-2-3-11(9-15)12(7-13)10-4-5-14-8-10/h4-5,8,11-12,14H,2-3,6,9H2,1H3. The van der Waals surface area contributed by atoms with Gasteiger partial charge >= 0.3 is 0 Å². The van der Waals surface area contributed by atoms with Gasteiger partial charge in [-0.15, -0.1) is 0 Å². The molecule has 0 saturated carbocycles. The van der Waals surface area contributed by atoms with E-state index in [1.165, 1.54) is 19.4 Å². The molecule has 1 saturated heterocycles. The summed E-state index contributed by atoms with van der Waals surface area (Å²) in [5.41, 5.74) is 1.14. The summed E-state index contributed by atoms with van der Waals surface area (Å²) in [5.74, 6) is 0.545. The van der Waals surface area contributed by atoms with Crippen LogP contribution < -0.4 is 0 Å². The van der Waals surface area contributed by atoms with Gasteiger partial charge in [-0.25, -0.2) is 0 Å². The third kappa shape index (κ3) is 2.21. The van der Waals surface area contributed by atoms with Crippen molar-refractivity contribution in [3.05, 3.63) is 24.0 Å². The summed E-state index contributed by atoms with van der Waals surface area (Å²) in [6.45, 7) is 2.21. The maximum Gasteiger partial charge on any atom is 0.0767 e. The summed E-state index contributed by atoms with van der Waals surface area (Å²) < 4.78 is 0. The number of nitrogens with one attached hydrogen (secondary N) is 1. The van der Waals surface area contributed by atoms with Crippen LogP contribution in [0.3, 0.4) is 0 Å². The van der Waals surface area contributed by atoms with E-state index < -0.39 is 0 Å². The molecule has 1 N–H and O–H groups in total. The van der Waals surface area contributed by atoms with Crippen molar-refractivity contribution in [3.63, 3.8) is 0 Å². The lowest BCUT2D eigenvalue weighted by Gasteiger charge is -2.32. The molecule has 1 aliphatic heterocycles. The second kappa shape index (κ2) is 4.50. The fourth-order valence-electron chi connectivity index (χ4n) is 2.46. The highest BCUT2D eigenvalue weighted by molar-refractivity contribution is 5.23. The van der Waals surface area contributed by atoms with Gasteiger partial charge in [-0.05, 0) is 44.0 Å². The van der Waals surface area contributed by atoms with Crippen molar-refractivity contribution >= 4 is 0 Å². The van der Waals surface area contributed by atoms with E-state index >= 15 is 0 Å². The number of hydrogen-bond donors (Lipinski definition) is 1. The molecule has 1 aromatic heterocycles. The first kappa shape index (κ1) is 10.3. The quantitative estimate of drug-likeness (QED) is 0.798. The van der Waals surface area contributed by atoms with Crippen LogP contribution in [0.5, 0.6) is 0 Å². The van der Waals surface area contributed by atoms with Crippen LogP contribution in [0.2, 0.25) is 0 Å². The summed E-state index contributed by atoms with van der Waals surface area (Å²) >= 11 is 0. The first-order valence-electron chi connectivity index (χ1n) is 5.52. The molecule has 0 aromatic carbocycles. The molecule has 1 aromatic rings. The average molecular weight is 203 g/mol. The van der Waals surface area contributed by atoms with E-state index in [4.69, 9.17) is 0 Å². The van der Waals surface area contributed by atoms with E-state index in [1.807, 2.05) is 18.5 Å². The molecule has 0 amide bonds. The molecule has 1 aliphatic rings. The van der Waals surface area contributed by atoms with Crippen LogP contribution in [0, 0.1) is 17.2 Å². The Hall–Kier alpha value is -1.27. The molecule has 15 heavy (non-hydrogen) atoms. The van der Waals surface area contributed by atoms with Crippen LogP contribution in [0.15, 0.2) is 18.5 Å². The molecule has 3 heteroatoms. The van der Waals surface area contributed by atoms with Crippen molar-refractivity contribution in [2.45, 2.75) is 18.8 Å². The Morgan fingerprint density at radius 1 is 1.67 bits per heavy atom. The fraction of sp³-hybridized carbons (Fsp3) is 0.583. The minimum absolute atomic E-state index is 0.0546. The summed E-state index contributed by atoms with van der Waals surface area (Å²) in [6, 6.07) is 4.46. The lowest BCUT2D eigenvalue weighted by molar-refractivity contribution is 0.200. The van der Waals surface area contributed by atoms with Crippen molar-refractivity contribution in [3.8, 4) is 6.07 Å². The zero-order valence-corrected chi connectivity index (χ0v) is 9.11. The van der Waals surface area contributed by atoms with Crippen LogP contribution in [0.25, 0.3) is 0 Å². The number of piperidine rings is 1. The molecule has 2 rings (SSSR count). The molecule has 0 aliphatic carbocycles. The first-order chi connectivity index (χ1) is 7.31. The number of nitriles is 1. The van der Waals surface area contributed by atoms with Gasteiger partial charge in [0.25, 0.3) is 0 Å². The zero-order chi connectivity index (χ0) is 10.7. The van der Waals surface area contributed by atoms with E-state index in [-0.39, 0.29) is 5.92 Å². The van der Waals surface area contributed by atoms with Gasteiger partial charge in [0.1, 0.15) is 0 Å². The molecular weight excluding hydrogens is 186 g/mol. The van der Waals surface area contributed by atoms with E-state index in [0.29, 0.717) is 5.92 Å². The smallest absolute Gasteiger partial charge is 0.0767 e. The predicted octanol–water partition coefficient (Wildman–Crippen LogP) is 1.96. The number of nitrogens with zero attached hydrogens (tertiary/aromatic N) is 2. The van der Waals surface area contributed by atoms with E-state index in [1.54, 1.807) is 0 Å². The first-order valence-corrected chi connectivity index (χ1v) is 5.52. The number of aromatic nitrogens is 1. The Kier molecular flexibility index (Phi) is 3.08. The highest BCUT2D eigenvalue weighted by atomic mass is 15.1. The van der Waals surface area contributed by atoms with E-state index in [2.05, 4.69) is 23.0 Å². The zero-order valence-electron chi connectivity index (χ0n) is 9.11. The van der Waals surface area contributed by atoms with Crippen molar-refractivity contribution in [2.75, 3.05) is 20.1 Å². The predicted molar refractivity (Wildman–Crippen MR) is 59.4 cm³/mol. The fourth-order valence-corrected chi connectivity index (χ4v) is 2.46. The normalized spacial score (nSPS) is 24.7. The number of aromatic amines is 1. The molecule has 1 fully saturated rings. The molecule has 2 heterocycles. The van der Waals surface area contributed by atoms with Gasteiger partial charge in [0.05, 0.1) is 12.0 Å². The Bertz CT molecular complexity index is 336. The average Bonchev–Trinajstić information content (AvgIpc) is 2.72. The van der Waals surface area contributed by atoms with Gasteiger partial charge in [-0.3, -0.25) is 0 Å². The van der Waals surface area contributed by atoms with Crippen molar-refractivity contribution < 1.29 is 0 Å². The maximum absolute atomic E-state index is 9.25. The second-order valence-corrected chi connectivity index (χ2v) is 4.42. The van der Waals surface area contributed by atoms with Crippen LogP contribution in [0.4, 0.5) is 0 Å². The van der Waals surface area contributed by atoms with Crippen molar-refractivity contribution in [1.29, 1.82) is 5.26 Å². The number of H-pyrrole nitrogens is 1. The number of hydrogen-bond acceptors (Lipinski definition) is 2. The summed E-state index contributed by atoms with van der Waals surface area (Å²) in [4.78, 5) is 5.35. The second-order valence-electron chi connectivity index (χ2n) is 4.42. The Balaban J connectivity index is 2.10. The third-order valence-electron chi connectivity index (χ3n) is 3.25. The summed E-state index contributed by atoms with van der Waals surface area (Å²) in [5, 5.41) is 9.25. The maximum atomic E-state index is 9.25. The van der Waals surface area contributed by atoms with Crippen molar-refractivity contribution in [2.24, 2.45) is 5.92 Å². The van der Waals surface area contributed by atoms with Crippen LogP contribution in [-0.2, 0) is 0 Å². The van der Waals surface area contributed by atoms with Gasteiger partial charge in [0, 0.05) is 18.9 Å². The number of rotatable bonds is 2. The minimum atomic E-state index is 0.0546. The molecule has 80 valence electrons. The summed E-state index contributed by atoms with van der Waals surface area (Å²) in [7, 11) is 2.14. The highest BCUT2D eigenvalue weighted by Crippen LogP contribution is 2.30. The Labute approximate surface area is 90.7 Å². The molecule has 2 unspecified atom stereocenters. The molecule has 0 spiro atoms. The SMILES string of the molecule is CN1CCCC(C(C#N)c2cc[nH]c2)C1. The molecule has 3 nitrogen and oxygen atoms in total. The third-order valence-corrected chi connectivity index (χ3v) is 3.25. The highest BCUT2D eigenvalue weighted by Gasteiger charge is 2.27. The van der Waals surface area contributed by atoms with Crippen LogP contribution in [0.1, 0.15) is 24.3 Å². The molecule has 0 bridgehead atoms. The monoisotopic (exact) mass is 203 g/mol. The lowest BCUT2D eigenvalue weighted by atomic mass is 9.83. The lowest BCUT2D eigenvalue weighted by Crippen LogP contribution is -2.34. The minimum Gasteiger partial charge on any atom is -0.367 e. The van der Waals surface area contributed by atoms with Gasteiger partial charge in [-0.2, -0.15) is 5.26 Å². The van der Waals surface area contributed by atoms with Crippen LogP contribution in [-0.4, -0.2) is 30.0 Å². The number of likely N-dealkylation sites (tertiary alicyclic amines) is 1. The van der Waals surface area contributed by atoms with Gasteiger partial charge in [0.2, 0.25) is 0 Å². The largest absolute Gasteiger partial charge is 0.367 e. The Morgan fingerprint density at radius 3 is 3.13 bits per heavy atom. The van der Waals surface area contributed by atoms with E-state index in [9.17, 15) is 5.26 Å². The van der Waals surface area contributed by atoms with Crippen molar-refractivity contribution in [1.82, 2.24) is 9.88 Å². The van der Waals surface area contributed by atoms with Gasteiger partial charge in [0.15, 0.2) is 0 Å². The summed E-state index contributed by atoms with van der Waals surface area (Å²) in [6.07, 6.45) is 6.23. The van der Waals surface area contributed by atoms with Gasteiger partial charge in [-0.1, -0.05) is 0 Å². The Morgan fingerprint density at radius 2 is 2.53 bits per heavy atom. The van der Waals surface area contributed by atoms with Gasteiger partial charge < -0.3 is 9.88 Å². The van der Waals surface area contributed by atoms with E-state index in [0.717, 1.165) is 12.1 Å². The molecule has 0 radical (unpaired) electrons. The molecule has 2 atom stereocenters. The van der Waals surface area contributed by atoms with Crippen LogP contribution >= 0.6 is 0 Å². The topological polar surface area (TPSA) is 42.8 Å². The molecular formula is C12H17N3.